The van der Waals surface area contributed by atoms with Gasteiger partial charge in [-0.2, -0.15) is 4.62 Å². The van der Waals surface area contributed by atoms with E-state index in [-0.39, 0.29) is 10.8 Å². The number of hydrogen-bond donors (Lipinski definition) is 2. The van der Waals surface area contributed by atoms with Crippen LogP contribution in [0.1, 0.15) is 56.9 Å². The quantitative estimate of drug-likeness (QED) is 0.169. The predicted molar refractivity (Wildman–Crippen MR) is 137 cm³/mol. The van der Waals surface area contributed by atoms with Gasteiger partial charge in [0.15, 0.2) is 5.75 Å². The molecule has 1 fully saturated rings. The van der Waals surface area contributed by atoms with Crippen molar-refractivity contribution in [3.8, 4) is 11.5 Å². The topological polar surface area (TPSA) is 91.0 Å². The van der Waals surface area contributed by atoms with Crippen LogP contribution in [0.15, 0.2) is 59.2 Å². The lowest BCUT2D eigenvalue weighted by Gasteiger charge is -2.43. The minimum absolute atomic E-state index is 0.00297. The first-order chi connectivity index (χ1) is 16.8. The molecule has 0 aliphatic heterocycles. The van der Waals surface area contributed by atoms with Crippen LogP contribution in [0.25, 0.3) is 5.76 Å². The third kappa shape index (κ3) is 5.34. The van der Waals surface area contributed by atoms with Gasteiger partial charge >= 0.3 is 7.82 Å². The van der Waals surface area contributed by atoms with Gasteiger partial charge in [-0.25, -0.2) is 10.5 Å². The zero-order valence-corrected chi connectivity index (χ0v) is 21.6. The lowest BCUT2D eigenvalue weighted by molar-refractivity contribution is 0.208. The SMILES string of the molecule is NOP(=O)(O)Oc1cc(C(Oc2ccc(Cl)cc2)=C2C3CCCC2C2=C(CCCC2)C3)ccc1Cl. The van der Waals surface area contributed by atoms with Crippen LogP contribution in [-0.2, 0) is 9.19 Å². The van der Waals surface area contributed by atoms with Gasteiger partial charge in [0.2, 0.25) is 0 Å². The van der Waals surface area contributed by atoms with E-state index in [0.717, 1.165) is 31.4 Å². The number of benzene rings is 2. The van der Waals surface area contributed by atoms with Crippen molar-refractivity contribution in [2.24, 2.45) is 17.7 Å². The van der Waals surface area contributed by atoms with Crippen molar-refractivity contribution >= 4 is 36.8 Å². The minimum atomic E-state index is -4.50. The standard InChI is InChI=1S/C26H28Cl2NO5P/c27-19-9-11-20(12-10-19)32-26(18-8-13-23(28)24(15-18)33-35(30,31)34-29)25-17-5-3-7-22(25)21-6-2-1-4-16(21)14-17/h8-13,15,17,22H,1-7,14,29H2,(H,30,31). The van der Waals surface area contributed by atoms with Crippen molar-refractivity contribution in [1.82, 2.24) is 0 Å². The Bertz CT molecular complexity index is 1230. The Morgan fingerprint density at radius 2 is 1.80 bits per heavy atom. The van der Waals surface area contributed by atoms with Crippen LogP contribution >= 0.6 is 31.0 Å². The third-order valence-electron chi connectivity index (χ3n) is 7.24. The van der Waals surface area contributed by atoms with Gasteiger partial charge in [0, 0.05) is 16.5 Å². The van der Waals surface area contributed by atoms with E-state index in [1.54, 1.807) is 35.4 Å². The summed E-state index contributed by atoms with van der Waals surface area (Å²) in [7, 11) is -4.50. The molecule has 0 amide bonds. The summed E-state index contributed by atoms with van der Waals surface area (Å²) in [4.78, 5) is 9.77. The molecule has 0 heterocycles. The second-order valence-corrected chi connectivity index (χ2v) is 11.5. The first kappa shape index (κ1) is 24.9. The molecule has 0 radical (unpaired) electrons. The Morgan fingerprint density at radius 1 is 1.03 bits per heavy atom. The van der Waals surface area contributed by atoms with E-state index in [4.69, 9.17) is 38.4 Å². The number of rotatable bonds is 6. The smallest absolute Gasteiger partial charge is 0.457 e. The first-order valence-corrected chi connectivity index (χ1v) is 14.2. The second-order valence-electron chi connectivity index (χ2n) is 9.37. The number of phosphoric ester groups is 1. The summed E-state index contributed by atoms with van der Waals surface area (Å²) >= 11 is 12.4. The molecule has 2 aromatic rings. The summed E-state index contributed by atoms with van der Waals surface area (Å²) in [5.74, 6) is 7.06. The summed E-state index contributed by atoms with van der Waals surface area (Å²) in [6.45, 7) is 0. The van der Waals surface area contributed by atoms with E-state index in [0.29, 0.717) is 28.2 Å². The van der Waals surface area contributed by atoms with Crippen LogP contribution in [0.2, 0.25) is 10.0 Å². The summed E-state index contributed by atoms with van der Waals surface area (Å²) < 4.78 is 27.8. The number of ether oxygens (including phenoxy) is 1. The monoisotopic (exact) mass is 535 g/mol. The molecule has 2 aromatic carbocycles. The summed E-state index contributed by atoms with van der Waals surface area (Å²) in [5, 5.41) is 0.790. The predicted octanol–water partition coefficient (Wildman–Crippen LogP) is 7.84. The van der Waals surface area contributed by atoms with E-state index < -0.39 is 7.82 Å². The number of fused-ring (bicyclic) bond motifs is 3. The fraction of sp³-hybridized carbons (Fsp3) is 0.385. The normalized spacial score (nSPS) is 24.9. The lowest BCUT2D eigenvalue weighted by Crippen LogP contribution is -2.30. The molecule has 3 N–H and O–H groups in total. The molecule has 5 rings (SSSR count). The van der Waals surface area contributed by atoms with Crippen molar-refractivity contribution < 1.29 is 23.3 Å². The maximum Gasteiger partial charge on any atom is 0.544 e. The van der Waals surface area contributed by atoms with Crippen molar-refractivity contribution in [1.29, 1.82) is 0 Å². The van der Waals surface area contributed by atoms with Gasteiger partial charge < -0.3 is 9.26 Å². The Kier molecular flexibility index (Phi) is 7.32. The van der Waals surface area contributed by atoms with Gasteiger partial charge in [0.25, 0.3) is 0 Å². The zero-order valence-electron chi connectivity index (χ0n) is 19.2. The Morgan fingerprint density at radius 3 is 2.57 bits per heavy atom. The van der Waals surface area contributed by atoms with Gasteiger partial charge in [-0.05, 0) is 98.9 Å². The molecule has 9 heteroatoms. The van der Waals surface area contributed by atoms with Crippen LogP contribution in [0, 0.1) is 11.8 Å². The van der Waals surface area contributed by atoms with Crippen LogP contribution in [0.3, 0.4) is 0 Å². The number of phosphoric acid groups is 1. The van der Waals surface area contributed by atoms with Gasteiger partial charge in [0.05, 0.1) is 5.02 Å². The fourth-order valence-corrected chi connectivity index (χ4v) is 6.57. The van der Waals surface area contributed by atoms with Crippen molar-refractivity contribution in [2.75, 3.05) is 0 Å². The summed E-state index contributed by atoms with van der Waals surface area (Å²) in [6.07, 6.45) is 9.31. The van der Waals surface area contributed by atoms with Crippen molar-refractivity contribution in [2.45, 2.75) is 51.4 Å². The van der Waals surface area contributed by atoms with Crippen LogP contribution < -0.4 is 15.2 Å². The van der Waals surface area contributed by atoms with Gasteiger partial charge in [-0.15, -0.1) is 0 Å². The molecule has 1 saturated carbocycles. The Labute approximate surface area is 215 Å². The third-order valence-corrected chi connectivity index (χ3v) is 8.50. The van der Waals surface area contributed by atoms with Gasteiger partial charge in [0.1, 0.15) is 11.5 Å². The fourth-order valence-electron chi connectivity index (χ4n) is 5.79. The molecule has 35 heavy (non-hydrogen) atoms. The Balaban J connectivity index is 1.65. The summed E-state index contributed by atoms with van der Waals surface area (Å²) in [6, 6.07) is 12.3. The highest BCUT2D eigenvalue weighted by molar-refractivity contribution is 7.47. The number of hydrogen-bond acceptors (Lipinski definition) is 5. The molecule has 6 nitrogen and oxygen atoms in total. The molecule has 186 valence electrons. The van der Waals surface area contributed by atoms with E-state index >= 15 is 0 Å². The van der Waals surface area contributed by atoms with E-state index in [1.165, 1.54) is 31.3 Å². The molecular formula is C26H28Cl2NO5P. The maximum atomic E-state index is 12.0. The van der Waals surface area contributed by atoms with E-state index in [2.05, 4.69) is 4.62 Å². The highest BCUT2D eigenvalue weighted by Gasteiger charge is 2.40. The molecule has 0 aromatic heterocycles. The summed E-state index contributed by atoms with van der Waals surface area (Å²) in [5.41, 5.74) is 5.23. The number of allylic oxidation sites excluding steroid dienone is 3. The molecule has 3 aliphatic carbocycles. The van der Waals surface area contributed by atoms with Crippen LogP contribution in [-0.4, -0.2) is 4.89 Å². The molecule has 3 unspecified atom stereocenters. The molecule has 3 aliphatic rings. The molecule has 0 spiro atoms. The van der Waals surface area contributed by atoms with Crippen molar-refractivity contribution in [3.05, 3.63) is 74.8 Å². The average molecular weight is 536 g/mol. The number of nitrogens with two attached hydrogens (primary N) is 1. The molecule has 2 bridgehead atoms. The average Bonchev–Trinajstić information content (AvgIpc) is 2.85. The van der Waals surface area contributed by atoms with Crippen molar-refractivity contribution in [3.63, 3.8) is 0 Å². The second kappa shape index (κ2) is 10.3. The number of halogens is 2. The highest BCUT2D eigenvalue weighted by atomic mass is 35.5. The first-order valence-electron chi connectivity index (χ1n) is 11.9. The van der Waals surface area contributed by atoms with E-state index in [9.17, 15) is 9.46 Å². The molecule has 0 saturated heterocycles. The Hall–Kier alpha value is -1.79. The molecule has 3 atom stereocenters. The van der Waals surface area contributed by atoms with Gasteiger partial charge in [-0.3, -0.25) is 4.89 Å². The largest absolute Gasteiger partial charge is 0.544 e. The van der Waals surface area contributed by atoms with E-state index in [1.807, 2.05) is 18.2 Å². The lowest BCUT2D eigenvalue weighted by atomic mass is 9.62. The minimum Gasteiger partial charge on any atom is -0.457 e. The van der Waals surface area contributed by atoms with Crippen LogP contribution in [0.4, 0.5) is 0 Å². The van der Waals surface area contributed by atoms with Crippen LogP contribution in [0.5, 0.6) is 11.5 Å². The zero-order chi connectivity index (χ0) is 24.6. The highest BCUT2D eigenvalue weighted by Crippen LogP contribution is 2.54. The maximum absolute atomic E-state index is 12.0. The van der Waals surface area contributed by atoms with Gasteiger partial charge in [-0.1, -0.05) is 40.8 Å². The molecular weight excluding hydrogens is 508 g/mol.